The summed E-state index contributed by atoms with van der Waals surface area (Å²) in [5.41, 5.74) is 6.39. The fourth-order valence-corrected chi connectivity index (χ4v) is 2.59. The topological polar surface area (TPSA) is 69.2 Å². The molecule has 1 aromatic heterocycles. The first-order valence-corrected chi connectivity index (χ1v) is 6.48. The Kier molecular flexibility index (Phi) is 3.99. The summed E-state index contributed by atoms with van der Waals surface area (Å²) in [5.74, 6) is 0. The first-order chi connectivity index (χ1) is 8.48. The van der Waals surface area contributed by atoms with Gasteiger partial charge in [0.2, 0.25) is 0 Å². The van der Waals surface area contributed by atoms with E-state index in [0.717, 1.165) is 31.9 Å². The van der Waals surface area contributed by atoms with Crippen molar-refractivity contribution >= 4 is 0 Å². The average Bonchev–Trinajstić information content (AvgIpc) is 2.62. The molecule has 0 spiro atoms. The zero-order valence-corrected chi connectivity index (χ0v) is 11.5. The Bertz CT molecular complexity index is 390. The standard InChI is InChI=1S/C12H23N5O/c1-10-6-16(9-12(2,3)18-10)7-11-8-17(5-4-13)15-14-11/h8,10H,4-7,9,13H2,1-3H3. The predicted octanol–water partition coefficient (Wildman–Crippen LogP) is 0.236. The molecular weight excluding hydrogens is 230 g/mol. The molecule has 0 radical (unpaired) electrons. The van der Waals surface area contributed by atoms with Crippen LogP contribution in [0.3, 0.4) is 0 Å². The lowest BCUT2D eigenvalue weighted by Crippen LogP contribution is -2.51. The number of ether oxygens (including phenoxy) is 1. The van der Waals surface area contributed by atoms with Crippen molar-refractivity contribution in [2.24, 2.45) is 5.73 Å². The summed E-state index contributed by atoms with van der Waals surface area (Å²) in [6.07, 6.45) is 2.23. The molecule has 1 aliphatic heterocycles. The van der Waals surface area contributed by atoms with Crippen molar-refractivity contribution in [1.82, 2.24) is 19.9 Å². The fourth-order valence-electron chi connectivity index (χ4n) is 2.59. The second-order valence-electron chi connectivity index (χ2n) is 5.62. The molecule has 6 nitrogen and oxygen atoms in total. The molecule has 1 saturated heterocycles. The van der Waals surface area contributed by atoms with Crippen molar-refractivity contribution in [3.05, 3.63) is 11.9 Å². The van der Waals surface area contributed by atoms with Crippen LogP contribution in [0.15, 0.2) is 6.20 Å². The van der Waals surface area contributed by atoms with Crippen molar-refractivity contribution in [3.8, 4) is 0 Å². The molecule has 1 unspecified atom stereocenters. The number of morpholine rings is 1. The highest BCUT2D eigenvalue weighted by Crippen LogP contribution is 2.21. The molecule has 0 amide bonds. The molecule has 1 aromatic rings. The highest BCUT2D eigenvalue weighted by molar-refractivity contribution is 4.94. The average molecular weight is 253 g/mol. The van der Waals surface area contributed by atoms with Gasteiger partial charge in [0.25, 0.3) is 0 Å². The summed E-state index contributed by atoms with van der Waals surface area (Å²) in [6.45, 7) is 10.3. The van der Waals surface area contributed by atoms with Crippen LogP contribution in [-0.4, -0.2) is 51.2 Å². The molecule has 0 aliphatic carbocycles. The van der Waals surface area contributed by atoms with E-state index in [4.69, 9.17) is 10.5 Å². The van der Waals surface area contributed by atoms with Gasteiger partial charge in [0.05, 0.1) is 23.9 Å². The highest BCUT2D eigenvalue weighted by Gasteiger charge is 2.31. The third kappa shape index (κ3) is 3.51. The van der Waals surface area contributed by atoms with Gasteiger partial charge in [0, 0.05) is 32.4 Å². The fraction of sp³-hybridized carbons (Fsp3) is 0.833. The van der Waals surface area contributed by atoms with Crippen molar-refractivity contribution in [3.63, 3.8) is 0 Å². The van der Waals surface area contributed by atoms with E-state index in [-0.39, 0.29) is 11.7 Å². The largest absolute Gasteiger partial charge is 0.370 e. The summed E-state index contributed by atoms with van der Waals surface area (Å²) in [4.78, 5) is 2.37. The minimum Gasteiger partial charge on any atom is -0.370 e. The molecule has 0 aromatic carbocycles. The maximum absolute atomic E-state index is 5.89. The number of hydrogen-bond donors (Lipinski definition) is 1. The zero-order chi connectivity index (χ0) is 13.2. The van der Waals surface area contributed by atoms with Crippen LogP contribution in [0.1, 0.15) is 26.5 Å². The Labute approximate surface area is 108 Å². The minimum absolute atomic E-state index is 0.0923. The third-order valence-corrected chi connectivity index (χ3v) is 2.97. The van der Waals surface area contributed by atoms with Gasteiger partial charge >= 0.3 is 0 Å². The van der Waals surface area contributed by atoms with Crippen LogP contribution >= 0.6 is 0 Å². The van der Waals surface area contributed by atoms with E-state index in [1.807, 2.05) is 6.20 Å². The van der Waals surface area contributed by atoms with Crippen LogP contribution in [0.2, 0.25) is 0 Å². The Balaban J connectivity index is 1.95. The van der Waals surface area contributed by atoms with Gasteiger partial charge in [-0.25, -0.2) is 0 Å². The first kappa shape index (κ1) is 13.5. The van der Waals surface area contributed by atoms with Gasteiger partial charge in [0.1, 0.15) is 0 Å². The van der Waals surface area contributed by atoms with Crippen molar-refractivity contribution < 1.29 is 4.74 Å². The normalized spacial score (nSPS) is 24.3. The van der Waals surface area contributed by atoms with Crippen LogP contribution in [0, 0.1) is 0 Å². The van der Waals surface area contributed by atoms with Crippen molar-refractivity contribution in [2.75, 3.05) is 19.6 Å². The maximum atomic E-state index is 5.89. The van der Waals surface area contributed by atoms with Crippen molar-refractivity contribution in [1.29, 1.82) is 0 Å². The lowest BCUT2D eigenvalue weighted by molar-refractivity contribution is -0.130. The van der Waals surface area contributed by atoms with Crippen LogP contribution in [0.4, 0.5) is 0 Å². The molecular formula is C12H23N5O. The molecule has 2 N–H and O–H groups in total. The van der Waals surface area contributed by atoms with Gasteiger partial charge in [-0.05, 0) is 20.8 Å². The summed E-state index contributed by atoms with van der Waals surface area (Å²) in [5, 5.41) is 8.23. The molecule has 102 valence electrons. The van der Waals surface area contributed by atoms with Crippen LogP contribution in [-0.2, 0) is 17.8 Å². The SMILES string of the molecule is CC1CN(Cc2cn(CCN)nn2)CC(C)(C)O1. The van der Waals surface area contributed by atoms with Gasteiger partial charge in [0.15, 0.2) is 0 Å². The summed E-state index contributed by atoms with van der Waals surface area (Å²) < 4.78 is 7.68. The summed E-state index contributed by atoms with van der Waals surface area (Å²) in [6, 6.07) is 0. The number of nitrogens with two attached hydrogens (primary N) is 1. The molecule has 18 heavy (non-hydrogen) atoms. The number of rotatable bonds is 4. The minimum atomic E-state index is -0.0923. The third-order valence-electron chi connectivity index (χ3n) is 2.97. The van der Waals surface area contributed by atoms with Gasteiger partial charge in [-0.2, -0.15) is 0 Å². The molecule has 0 bridgehead atoms. The second kappa shape index (κ2) is 5.34. The van der Waals surface area contributed by atoms with E-state index in [2.05, 4.69) is 36.0 Å². The van der Waals surface area contributed by atoms with E-state index < -0.39 is 0 Å². The number of aromatic nitrogens is 3. The smallest absolute Gasteiger partial charge is 0.0967 e. The molecule has 1 aliphatic rings. The molecule has 1 atom stereocenters. The molecule has 0 saturated carbocycles. The van der Waals surface area contributed by atoms with Gasteiger partial charge in [-0.3, -0.25) is 9.58 Å². The Morgan fingerprint density at radius 3 is 3.00 bits per heavy atom. The van der Waals surface area contributed by atoms with E-state index in [0.29, 0.717) is 6.54 Å². The van der Waals surface area contributed by atoms with Crippen LogP contribution in [0.5, 0.6) is 0 Å². The molecule has 6 heteroatoms. The Hall–Kier alpha value is -0.980. The lowest BCUT2D eigenvalue weighted by Gasteiger charge is -2.41. The predicted molar refractivity (Wildman–Crippen MR) is 69.0 cm³/mol. The van der Waals surface area contributed by atoms with Crippen molar-refractivity contribution in [2.45, 2.75) is 45.6 Å². The monoisotopic (exact) mass is 253 g/mol. The van der Waals surface area contributed by atoms with E-state index in [1.165, 1.54) is 0 Å². The number of hydrogen-bond acceptors (Lipinski definition) is 5. The van der Waals surface area contributed by atoms with Crippen LogP contribution in [0.25, 0.3) is 0 Å². The van der Waals surface area contributed by atoms with E-state index in [9.17, 15) is 0 Å². The van der Waals surface area contributed by atoms with Gasteiger partial charge < -0.3 is 10.5 Å². The number of nitrogens with zero attached hydrogens (tertiary/aromatic N) is 4. The molecule has 2 rings (SSSR count). The maximum Gasteiger partial charge on any atom is 0.0967 e. The zero-order valence-electron chi connectivity index (χ0n) is 11.5. The van der Waals surface area contributed by atoms with Crippen LogP contribution < -0.4 is 5.73 Å². The highest BCUT2D eigenvalue weighted by atomic mass is 16.5. The van der Waals surface area contributed by atoms with Gasteiger partial charge in [-0.15, -0.1) is 5.10 Å². The lowest BCUT2D eigenvalue weighted by atomic mass is 10.1. The molecule has 1 fully saturated rings. The first-order valence-electron chi connectivity index (χ1n) is 6.48. The summed E-state index contributed by atoms with van der Waals surface area (Å²) in [7, 11) is 0. The van der Waals surface area contributed by atoms with E-state index >= 15 is 0 Å². The quantitative estimate of drug-likeness (QED) is 0.832. The Morgan fingerprint density at radius 2 is 2.33 bits per heavy atom. The van der Waals surface area contributed by atoms with E-state index in [1.54, 1.807) is 4.68 Å². The molecule has 2 heterocycles. The van der Waals surface area contributed by atoms with Gasteiger partial charge in [-0.1, -0.05) is 5.21 Å². The summed E-state index contributed by atoms with van der Waals surface area (Å²) >= 11 is 0. The Morgan fingerprint density at radius 1 is 1.56 bits per heavy atom. The second-order valence-corrected chi connectivity index (χ2v) is 5.62.